The summed E-state index contributed by atoms with van der Waals surface area (Å²) >= 11 is 5.75. The quantitative estimate of drug-likeness (QED) is 0.722. The van der Waals surface area contributed by atoms with Gasteiger partial charge in [-0.3, -0.25) is 0 Å². The molecule has 24 heavy (non-hydrogen) atoms. The van der Waals surface area contributed by atoms with Crippen molar-refractivity contribution in [2.75, 3.05) is 0 Å². The molecule has 2 heterocycles. The predicted molar refractivity (Wildman–Crippen MR) is 83.1 cm³/mol. The molecule has 1 aromatic carbocycles. The lowest BCUT2D eigenvalue weighted by Crippen LogP contribution is -2.05. The number of benzene rings is 1. The molecule has 0 N–H and O–H groups in total. The van der Waals surface area contributed by atoms with Crippen LogP contribution in [-0.2, 0) is 6.42 Å². The topological polar surface area (TPSA) is 67.4 Å². The van der Waals surface area contributed by atoms with Crippen molar-refractivity contribution in [3.8, 4) is 11.8 Å². The predicted octanol–water partition coefficient (Wildman–Crippen LogP) is 3.72. The second kappa shape index (κ2) is 6.72. The third kappa shape index (κ3) is 3.39. The Morgan fingerprint density at radius 1 is 1.17 bits per heavy atom. The number of halogens is 3. The Bertz CT molecular complexity index is 882. The molecule has 2 aromatic heterocycles. The van der Waals surface area contributed by atoms with Crippen molar-refractivity contribution in [3.63, 3.8) is 0 Å². The van der Waals surface area contributed by atoms with Gasteiger partial charge < -0.3 is 0 Å². The van der Waals surface area contributed by atoms with E-state index >= 15 is 0 Å². The van der Waals surface area contributed by atoms with Gasteiger partial charge in [-0.25, -0.2) is 23.4 Å². The fourth-order valence-corrected chi connectivity index (χ4v) is 2.26. The van der Waals surface area contributed by atoms with E-state index in [1.807, 2.05) is 6.07 Å². The number of aromatic nitrogens is 4. The maximum atomic E-state index is 13.0. The summed E-state index contributed by atoms with van der Waals surface area (Å²) in [7, 11) is 0. The smallest absolute Gasteiger partial charge is 0.239 e. The maximum absolute atomic E-state index is 13.0. The van der Waals surface area contributed by atoms with E-state index < -0.39 is 6.43 Å². The lowest BCUT2D eigenvalue weighted by molar-refractivity contribution is 0.145. The van der Waals surface area contributed by atoms with Crippen molar-refractivity contribution >= 4 is 11.6 Å². The molecule has 0 unspecified atom stereocenters. The van der Waals surface area contributed by atoms with Crippen molar-refractivity contribution in [1.29, 1.82) is 5.26 Å². The van der Waals surface area contributed by atoms with Crippen LogP contribution in [0.1, 0.15) is 29.2 Å². The standard InChI is InChI=1S/C16H10ClF2N5/c17-11-8-21-15(22-9-11)6-13-5-14(16(18)19)23-24(13)12-3-1-10(7-20)2-4-12/h1-5,8-9,16H,6H2. The SMILES string of the molecule is N#Cc1ccc(-n2nc(C(F)F)cc2Cc2ncc(Cl)cn2)cc1. The van der Waals surface area contributed by atoms with Gasteiger partial charge >= 0.3 is 0 Å². The summed E-state index contributed by atoms with van der Waals surface area (Å²) in [5.41, 5.74) is 1.23. The number of hydrogen-bond acceptors (Lipinski definition) is 4. The first-order valence-corrected chi connectivity index (χ1v) is 7.28. The van der Waals surface area contributed by atoms with Crippen molar-refractivity contribution in [3.05, 3.63) is 70.5 Å². The molecule has 8 heteroatoms. The highest BCUT2D eigenvalue weighted by molar-refractivity contribution is 6.30. The van der Waals surface area contributed by atoms with Crippen LogP contribution >= 0.6 is 11.6 Å². The summed E-state index contributed by atoms with van der Waals surface area (Å²) in [5.74, 6) is 0.440. The average Bonchev–Trinajstić information content (AvgIpc) is 3.01. The van der Waals surface area contributed by atoms with Gasteiger partial charge in [0.25, 0.3) is 6.43 Å². The Kier molecular flexibility index (Phi) is 4.49. The van der Waals surface area contributed by atoms with Crippen LogP contribution in [0.15, 0.2) is 42.7 Å². The Morgan fingerprint density at radius 3 is 2.42 bits per heavy atom. The molecular weight excluding hydrogens is 336 g/mol. The largest absolute Gasteiger partial charge is 0.282 e. The molecule has 5 nitrogen and oxygen atoms in total. The monoisotopic (exact) mass is 345 g/mol. The normalized spacial score (nSPS) is 10.8. The molecule has 0 amide bonds. The van der Waals surface area contributed by atoms with Crippen LogP contribution in [0.5, 0.6) is 0 Å². The van der Waals surface area contributed by atoms with Crippen LogP contribution in [0, 0.1) is 11.3 Å². The summed E-state index contributed by atoms with van der Waals surface area (Å²) in [6.07, 6.45) is 0.423. The van der Waals surface area contributed by atoms with E-state index in [1.165, 1.54) is 23.1 Å². The van der Waals surface area contributed by atoms with E-state index in [1.54, 1.807) is 24.3 Å². The molecule has 0 spiro atoms. The summed E-state index contributed by atoms with van der Waals surface area (Å²) in [6.45, 7) is 0. The number of alkyl halides is 2. The zero-order chi connectivity index (χ0) is 17.1. The summed E-state index contributed by atoms with van der Waals surface area (Å²) in [5, 5.41) is 13.2. The van der Waals surface area contributed by atoms with Gasteiger partial charge in [0.2, 0.25) is 0 Å². The molecule has 0 saturated carbocycles. The van der Waals surface area contributed by atoms with E-state index in [4.69, 9.17) is 16.9 Å². The maximum Gasteiger partial charge on any atom is 0.282 e. The number of nitrogens with zero attached hydrogens (tertiary/aromatic N) is 5. The van der Waals surface area contributed by atoms with Gasteiger partial charge in [-0.1, -0.05) is 11.6 Å². The fraction of sp³-hybridized carbons (Fsp3) is 0.125. The van der Waals surface area contributed by atoms with Gasteiger partial charge in [-0.15, -0.1) is 0 Å². The minimum Gasteiger partial charge on any atom is -0.239 e. The summed E-state index contributed by atoms with van der Waals surface area (Å²) in [4.78, 5) is 8.15. The minimum absolute atomic E-state index is 0.219. The Balaban J connectivity index is 2.00. The summed E-state index contributed by atoms with van der Waals surface area (Å²) < 4.78 is 27.4. The van der Waals surface area contributed by atoms with Crippen LogP contribution in [0.4, 0.5) is 8.78 Å². The van der Waals surface area contributed by atoms with Gasteiger partial charge in [-0.2, -0.15) is 10.4 Å². The molecule has 120 valence electrons. The fourth-order valence-electron chi connectivity index (χ4n) is 2.17. The van der Waals surface area contributed by atoms with E-state index in [-0.39, 0.29) is 12.1 Å². The Hall–Kier alpha value is -2.85. The third-order valence-electron chi connectivity index (χ3n) is 3.28. The van der Waals surface area contributed by atoms with Gasteiger partial charge in [0.05, 0.1) is 34.5 Å². The minimum atomic E-state index is -2.69. The summed E-state index contributed by atoms with van der Waals surface area (Å²) in [6, 6.07) is 9.82. The van der Waals surface area contributed by atoms with Crippen LogP contribution in [0.25, 0.3) is 5.69 Å². The van der Waals surface area contributed by atoms with Crippen LogP contribution < -0.4 is 0 Å². The lowest BCUT2D eigenvalue weighted by Gasteiger charge is -2.07. The number of hydrogen-bond donors (Lipinski definition) is 0. The highest BCUT2D eigenvalue weighted by Gasteiger charge is 2.17. The molecule has 0 aliphatic heterocycles. The van der Waals surface area contributed by atoms with Crippen LogP contribution in [0.2, 0.25) is 5.02 Å². The van der Waals surface area contributed by atoms with E-state index in [0.717, 1.165) is 0 Å². The molecular formula is C16H10ClF2N5. The molecule has 0 aliphatic rings. The van der Waals surface area contributed by atoms with Gasteiger partial charge in [0, 0.05) is 12.4 Å². The highest BCUT2D eigenvalue weighted by Crippen LogP contribution is 2.22. The van der Waals surface area contributed by atoms with E-state index in [0.29, 0.717) is 27.8 Å². The van der Waals surface area contributed by atoms with E-state index in [9.17, 15) is 8.78 Å². The van der Waals surface area contributed by atoms with Crippen LogP contribution in [-0.4, -0.2) is 19.7 Å². The molecule has 0 radical (unpaired) electrons. The van der Waals surface area contributed by atoms with Gasteiger partial charge in [0.15, 0.2) is 0 Å². The second-order valence-corrected chi connectivity index (χ2v) is 5.36. The van der Waals surface area contributed by atoms with Crippen molar-refractivity contribution in [2.24, 2.45) is 0 Å². The average molecular weight is 346 g/mol. The molecule has 0 saturated heterocycles. The number of nitriles is 1. The molecule has 3 rings (SSSR count). The molecule has 0 bridgehead atoms. The molecule has 0 fully saturated rings. The Morgan fingerprint density at radius 2 is 1.83 bits per heavy atom. The Labute approximate surface area is 141 Å². The van der Waals surface area contributed by atoms with Crippen molar-refractivity contribution in [1.82, 2.24) is 19.7 Å². The van der Waals surface area contributed by atoms with E-state index in [2.05, 4.69) is 15.1 Å². The molecule has 3 aromatic rings. The highest BCUT2D eigenvalue weighted by atomic mass is 35.5. The lowest BCUT2D eigenvalue weighted by atomic mass is 10.2. The van der Waals surface area contributed by atoms with Crippen LogP contribution in [0.3, 0.4) is 0 Å². The van der Waals surface area contributed by atoms with Gasteiger partial charge in [0.1, 0.15) is 11.5 Å². The second-order valence-electron chi connectivity index (χ2n) is 4.93. The first-order chi connectivity index (χ1) is 11.6. The third-order valence-corrected chi connectivity index (χ3v) is 3.47. The van der Waals surface area contributed by atoms with Crippen molar-refractivity contribution < 1.29 is 8.78 Å². The van der Waals surface area contributed by atoms with Gasteiger partial charge in [-0.05, 0) is 30.3 Å². The zero-order valence-corrected chi connectivity index (χ0v) is 13.0. The number of rotatable bonds is 4. The molecule has 0 aliphatic carbocycles. The van der Waals surface area contributed by atoms with Crippen molar-refractivity contribution in [2.45, 2.75) is 12.8 Å². The first kappa shape index (κ1) is 16.0. The molecule has 0 atom stereocenters. The zero-order valence-electron chi connectivity index (χ0n) is 12.2. The first-order valence-electron chi connectivity index (χ1n) is 6.91.